The van der Waals surface area contributed by atoms with Gasteiger partial charge in [-0.3, -0.25) is 4.79 Å². The van der Waals surface area contributed by atoms with Crippen molar-refractivity contribution in [3.8, 4) is 0 Å². The Morgan fingerprint density at radius 1 is 1.32 bits per heavy atom. The quantitative estimate of drug-likeness (QED) is 0.824. The minimum absolute atomic E-state index is 0.267. The number of rotatable bonds is 6. The molecule has 0 aliphatic carbocycles. The molecule has 0 atom stereocenters. The predicted molar refractivity (Wildman–Crippen MR) is 91.2 cm³/mol. The Morgan fingerprint density at radius 2 is 2.14 bits per heavy atom. The molecule has 2 rings (SSSR count). The molecule has 0 spiro atoms. The number of hydrogen-bond donors (Lipinski definition) is 2. The zero-order chi connectivity index (χ0) is 15.9. The van der Waals surface area contributed by atoms with E-state index in [0.717, 1.165) is 11.0 Å². The lowest BCUT2D eigenvalue weighted by Crippen LogP contribution is -2.22. The third-order valence-electron chi connectivity index (χ3n) is 2.81. The minimum Gasteiger partial charge on any atom is -0.353 e. The van der Waals surface area contributed by atoms with Gasteiger partial charge in [-0.15, -0.1) is 0 Å². The Kier molecular flexibility index (Phi) is 5.85. The summed E-state index contributed by atoms with van der Waals surface area (Å²) in [5.74, 6) is 0.180. The average molecular weight is 364 g/mol. The number of nitrogens with one attached hydrogen (secondary N) is 2. The number of nitrogens with zero attached hydrogens (tertiary/aromatic N) is 3. The highest BCUT2D eigenvalue weighted by Crippen LogP contribution is 2.16. The number of carbonyl (C=O) groups is 1. The molecule has 1 aromatic carbocycles. The molecule has 0 fully saturated rings. The summed E-state index contributed by atoms with van der Waals surface area (Å²) >= 11 is 3.37. The molecule has 0 bridgehead atoms. The molecule has 0 unspecified atom stereocenters. The molecule has 6 nitrogen and oxygen atoms in total. The van der Waals surface area contributed by atoms with Gasteiger partial charge in [0.25, 0.3) is 5.91 Å². The van der Waals surface area contributed by atoms with Gasteiger partial charge in [0.1, 0.15) is 5.69 Å². The van der Waals surface area contributed by atoms with Crippen LogP contribution < -0.4 is 10.6 Å². The van der Waals surface area contributed by atoms with Crippen LogP contribution in [0.15, 0.2) is 41.0 Å². The van der Waals surface area contributed by atoms with Crippen LogP contribution in [0, 0.1) is 0 Å². The summed E-state index contributed by atoms with van der Waals surface area (Å²) in [6.07, 6.45) is 1.57. The second kappa shape index (κ2) is 7.86. The summed E-state index contributed by atoms with van der Waals surface area (Å²) in [5, 5.41) is 5.90. The molecule has 0 radical (unpaired) electrons. The van der Waals surface area contributed by atoms with Crippen LogP contribution in [-0.2, 0) is 0 Å². The Labute approximate surface area is 138 Å². The lowest BCUT2D eigenvalue weighted by atomic mass is 10.3. The summed E-state index contributed by atoms with van der Waals surface area (Å²) in [7, 11) is 3.98. The molecule has 0 saturated carbocycles. The Balaban J connectivity index is 2.00. The van der Waals surface area contributed by atoms with Crippen LogP contribution >= 0.6 is 15.9 Å². The number of aromatic nitrogens is 2. The monoisotopic (exact) mass is 363 g/mol. The van der Waals surface area contributed by atoms with Crippen molar-refractivity contribution in [2.75, 3.05) is 37.8 Å². The summed E-state index contributed by atoms with van der Waals surface area (Å²) in [5.41, 5.74) is 1.03. The van der Waals surface area contributed by atoms with Crippen molar-refractivity contribution >= 4 is 33.5 Å². The SMILES string of the molecule is CN(C)CCNc1nccc(C(=O)Nc2cccc(Br)c2)n1. The topological polar surface area (TPSA) is 70.2 Å². The van der Waals surface area contributed by atoms with Crippen LogP contribution in [0.3, 0.4) is 0 Å². The standard InChI is InChI=1S/C15H18BrN5O/c1-21(2)9-8-18-15-17-7-6-13(20-15)14(22)19-12-5-3-4-11(16)10-12/h3-7,10H,8-9H2,1-2H3,(H,19,22)(H,17,18,20). The summed E-state index contributed by atoms with van der Waals surface area (Å²) in [6, 6.07) is 8.99. The fourth-order valence-electron chi connectivity index (χ4n) is 1.72. The van der Waals surface area contributed by atoms with Crippen molar-refractivity contribution in [2.24, 2.45) is 0 Å². The van der Waals surface area contributed by atoms with Crippen LogP contribution in [0.1, 0.15) is 10.5 Å². The van der Waals surface area contributed by atoms with Gasteiger partial charge in [0.2, 0.25) is 5.95 Å². The van der Waals surface area contributed by atoms with E-state index in [1.165, 1.54) is 0 Å². The average Bonchev–Trinajstić information content (AvgIpc) is 2.47. The van der Waals surface area contributed by atoms with E-state index in [4.69, 9.17) is 0 Å². The first-order valence-corrected chi connectivity index (χ1v) is 7.62. The molecule has 1 amide bonds. The predicted octanol–water partition coefficient (Wildman–Crippen LogP) is 2.46. The van der Waals surface area contributed by atoms with Crippen molar-refractivity contribution in [3.05, 3.63) is 46.7 Å². The number of benzene rings is 1. The normalized spacial score (nSPS) is 10.5. The highest BCUT2D eigenvalue weighted by molar-refractivity contribution is 9.10. The summed E-state index contributed by atoms with van der Waals surface area (Å²) < 4.78 is 0.902. The van der Waals surface area contributed by atoms with Crippen molar-refractivity contribution in [2.45, 2.75) is 0 Å². The Hall–Kier alpha value is -1.99. The van der Waals surface area contributed by atoms with Crippen LogP contribution in [0.5, 0.6) is 0 Å². The van der Waals surface area contributed by atoms with Gasteiger partial charge in [-0.1, -0.05) is 22.0 Å². The minimum atomic E-state index is -0.267. The lowest BCUT2D eigenvalue weighted by molar-refractivity contribution is 0.102. The second-order valence-electron chi connectivity index (χ2n) is 4.96. The van der Waals surface area contributed by atoms with Crippen LogP contribution in [0.25, 0.3) is 0 Å². The van der Waals surface area contributed by atoms with E-state index < -0.39 is 0 Å². The maximum absolute atomic E-state index is 12.2. The zero-order valence-corrected chi connectivity index (χ0v) is 14.1. The maximum atomic E-state index is 12.2. The molecule has 0 aliphatic heterocycles. The Bertz CT molecular complexity index is 647. The molecule has 7 heteroatoms. The van der Waals surface area contributed by atoms with E-state index in [9.17, 15) is 4.79 Å². The van der Waals surface area contributed by atoms with Crippen molar-refractivity contribution in [1.29, 1.82) is 0 Å². The maximum Gasteiger partial charge on any atom is 0.274 e. The fourth-order valence-corrected chi connectivity index (χ4v) is 2.12. The van der Waals surface area contributed by atoms with Gasteiger partial charge in [0, 0.05) is 29.4 Å². The van der Waals surface area contributed by atoms with E-state index in [0.29, 0.717) is 23.9 Å². The number of anilines is 2. The number of amides is 1. The number of halogens is 1. The van der Waals surface area contributed by atoms with Gasteiger partial charge in [-0.05, 0) is 38.4 Å². The molecular weight excluding hydrogens is 346 g/mol. The van der Waals surface area contributed by atoms with Gasteiger partial charge < -0.3 is 15.5 Å². The number of hydrogen-bond acceptors (Lipinski definition) is 5. The molecule has 0 aliphatic rings. The highest BCUT2D eigenvalue weighted by Gasteiger charge is 2.09. The molecule has 1 heterocycles. The summed E-state index contributed by atoms with van der Waals surface area (Å²) in [4.78, 5) is 22.6. The lowest BCUT2D eigenvalue weighted by Gasteiger charge is -2.10. The number of carbonyl (C=O) groups excluding carboxylic acids is 1. The Morgan fingerprint density at radius 3 is 2.86 bits per heavy atom. The van der Waals surface area contributed by atoms with Crippen LogP contribution in [0.2, 0.25) is 0 Å². The molecule has 22 heavy (non-hydrogen) atoms. The van der Waals surface area contributed by atoms with Crippen LogP contribution in [0.4, 0.5) is 11.6 Å². The molecule has 0 saturated heterocycles. The first-order valence-electron chi connectivity index (χ1n) is 6.83. The van der Waals surface area contributed by atoms with E-state index >= 15 is 0 Å². The van der Waals surface area contributed by atoms with Gasteiger partial charge in [-0.25, -0.2) is 9.97 Å². The van der Waals surface area contributed by atoms with E-state index in [1.807, 2.05) is 38.4 Å². The molecule has 116 valence electrons. The zero-order valence-electron chi connectivity index (χ0n) is 12.5. The first-order chi connectivity index (χ1) is 10.5. The van der Waals surface area contributed by atoms with Crippen LogP contribution in [-0.4, -0.2) is 48.0 Å². The third kappa shape index (κ3) is 5.09. The van der Waals surface area contributed by atoms with Gasteiger partial charge in [-0.2, -0.15) is 0 Å². The first kappa shape index (κ1) is 16.4. The van der Waals surface area contributed by atoms with Crippen molar-refractivity contribution in [1.82, 2.24) is 14.9 Å². The smallest absolute Gasteiger partial charge is 0.274 e. The van der Waals surface area contributed by atoms with Gasteiger partial charge in [0.15, 0.2) is 0 Å². The largest absolute Gasteiger partial charge is 0.353 e. The number of likely N-dealkylation sites (N-methyl/N-ethyl adjacent to an activating group) is 1. The van der Waals surface area contributed by atoms with E-state index in [1.54, 1.807) is 12.3 Å². The van der Waals surface area contributed by atoms with Crippen molar-refractivity contribution < 1.29 is 4.79 Å². The van der Waals surface area contributed by atoms with E-state index in [2.05, 4.69) is 41.4 Å². The molecule has 1 aromatic heterocycles. The van der Waals surface area contributed by atoms with Gasteiger partial charge in [0.05, 0.1) is 0 Å². The third-order valence-corrected chi connectivity index (χ3v) is 3.31. The van der Waals surface area contributed by atoms with Crippen molar-refractivity contribution in [3.63, 3.8) is 0 Å². The highest BCUT2D eigenvalue weighted by atomic mass is 79.9. The fraction of sp³-hybridized carbons (Fsp3) is 0.267. The van der Waals surface area contributed by atoms with Gasteiger partial charge >= 0.3 is 0 Å². The molecule has 2 aromatic rings. The second-order valence-corrected chi connectivity index (χ2v) is 5.88. The van der Waals surface area contributed by atoms with E-state index in [-0.39, 0.29) is 5.91 Å². The summed E-state index contributed by atoms with van der Waals surface area (Å²) in [6.45, 7) is 1.57. The molecular formula is C15H18BrN5O. The molecule has 2 N–H and O–H groups in total.